The van der Waals surface area contributed by atoms with Gasteiger partial charge in [-0.15, -0.1) is 0 Å². The topological polar surface area (TPSA) is 114 Å². The Balaban J connectivity index is 0.000000385. The second kappa shape index (κ2) is 6.88. The molecule has 1 aromatic heterocycles. The summed E-state index contributed by atoms with van der Waals surface area (Å²) < 4.78 is 36.1. The molecule has 8 heteroatoms. The Morgan fingerprint density at radius 3 is 2.44 bits per heavy atom. The van der Waals surface area contributed by atoms with Gasteiger partial charge >= 0.3 is 16.4 Å². The van der Waals surface area contributed by atoms with Gasteiger partial charge in [-0.25, -0.2) is 0 Å². The molecule has 0 amide bonds. The third kappa shape index (κ3) is 10.6. The molecule has 0 atom stereocenters. The lowest BCUT2D eigenvalue weighted by molar-refractivity contribution is -0.139. The summed E-state index contributed by atoms with van der Waals surface area (Å²) >= 11 is 0. The number of rotatable bonds is 2. The zero-order valence-electron chi connectivity index (χ0n) is 8.40. The van der Waals surface area contributed by atoms with Gasteiger partial charge in [0.25, 0.3) is 0 Å². The van der Waals surface area contributed by atoms with Crippen molar-refractivity contribution in [2.24, 2.45) is 0 Å². The third-order valence-corrected chi connectivity index (χ3v) is 1.30. The van der Waals surface area contributed by atoms with Crippen LogP contribution in [0.1, 0.15) is 5.56 Å². The maximum atomic E-state index is 10.7. The molecule has 90 valence electrons. The lowest BCUT2D eigenvalue weighted by Crippen LogP contribution is -2.04. The molecule has 0 bridgehead atoms. The lowest BCUT2D eigenvalue weighted by atomic mass is 10.2. The van der Waals surface area contributed by atoms with Gasteiger partial charge in [-0.05, 0) is 11.6 Å². The van der Waals surface area contributed by atoms with Crippen LogP contribution in [0.25, 0.3) is 0 Å². The minimum absolute atomic E-state index is 0.238. The molecule has 0 unspecified atom stereocenters. The summed E-state index contributed by atoms with van der Waals surface area (Å²) in [4.78, 5) is 14.6. The molecule has 0 aliphatic heterocycles. The van der Waals surface area contributed by atoms with Crippen molar-refractivity contribution in [2.45, 2.75) is 6.42 Å². The van der Waals surface area contributed by atoms with Crippen LogP contribution in [0.15, 0.2) is 24.5 Å². The third-order valence-electron chi connectivity index (χ3n) is 1.30. The van der Waals surface area contributed by atoms with Gasteiger partial charge in [0, 0.05) is 12.4 Å². The molecule has 7 nitrogen and oxygen atoms in total. The summed E-state index contributed by atoms with van der Waals surface area (Å²) in [6, 6.07) is 3.63. The number of methoxy groups -OCH3 is 1. The number of esters is 1. The Labute approximate surface area is 92.7 Å². The Bertz CT molecular complexity index is 407. The summed E-state index contributed by atoms with van der Waals surface area (Å²) in [5, 5.41) is 0. The smallest absolute Gasteiger partial charge is 0.394 e. The highest BCUT2D eigenvalue weighted by molar-refractivity contribution is 7.79. The fraction of sp³-hybridized carbons (Fsp3) is 0.250. The Kier molecular flexibility index (Phi) is 6.23. The number of nitrogens with zero attached hydrogens (tertiary/aromatic N) is 1. The van der Waals surface area contributed by atoms with Crippen molar-refractivity contribution in [3.8, 4) is 0 Å². The number of carbonyl (C=O) groups excluding carboxylic acids is 1. The molecule has 1 heterocycles. The minimum Gasteiger partial charge on any atom is -0.469 e. The van der Waals surface area contributed by atoms with Gasteiger partial charge in [0.05, 0.1) is 13.5 Å². The fourth-order valence-corrected chi connectivity index (χ4v) is 0.742. The normalized spacial score (nSPS) is 9.94. The average molecular weight is 249 g/mol. The van der Waals surface area contributed by atoms with Gasteiger partial charge in [-0.3, -0.25) is 18.9 Å². The number of hydrogen-bond acceptors (Lipinski definition) is 5. The minimum atomic E-state index is -4.67. The molecule has 0 aliphatic carbocycles. The van der Waals surface area contributed by atoms with E-state index in [-0.39, 0.29) is 5.97 Å². The van der Waals surface area contributed by atoms with E-state index in [9.17, 15) is 4.79 Å². The molecule has 1 aromatic rings. The zero-order valence-corrected chi connectivity index (χ0v) is 9.22. The fourth-order valence-electron chi connectivity index (χ4n) is 0.742. The lowest BCUT2D eigenvalue weighted by Gasteiger charge is -1.96. The molecule has 0 radical (unpaired) electrons. The van der Waals surface area contributed by atoms with Crippen LogP contribution in [-0.4, -0.2) is 35.6 Å². The van der Waals surface area contributed by atoms with E-state index >= 15 is 0 Å². The predicted molar refractivity (Wildman–Crippen MR) is 54.1 cm³/mol. The van der Waals surface area contributed by atoms with E-state index in [1.54, 1.807) is 18.5 Å². The van der Waals surface area contributed by atoms with E-state index in [1.807, 2.05) is 6.07 Å². The van der Waals surface area contributed by atoms with Crippen LogP contribution in [-0.2, 0) is 26.4 Å². The Hall–Kier alpha value is -1.51. The molecular weight excluding hydrogens is 238 g/mol. The highest BCUT2D eigenvalue weighted by Gasteiger charge is 2.00. The molecule has 0 saturated carbocycles. The zero-order chi connectivity index (χ0) is 12.6. The molecule has 16 heavy (non-hydrogen) atoms. The second-order valence-electron chi connectivity index (χ2n) is 2.56. The van der Waals surface area contributed by atoms with E-state index in [2.05, 4.69) is 9.72 Å². The molecule has 0 fully saturated rings. The van der Waals surface area contributed by atoms with Crippen molar-refractivity contribution < 1.29 is 27.1 Å². The summed E-state index contributed by atoms with van der Waals surface area (Å²) in [6.45, 7) is 0. The number of pyridine rings is 1. The summed E-state index contributed by atoms with van der Waals surface area (Å²) in [5.41, 5.74) is 0.874. The predicted octanol–water partition coefficient (Wildman–Crippen LogP) is 0.144. The van der Waals surface area contributed by atoms with E-state index in [4.69, 9.17) is 17.5 Å². The first-order valence-electron chi connectivity index (χ1n) is 3.98. The monoisotopic (exact) mass is 249 g/mol. The molecule has 0 spiro atoms. The van der Waals surface area contributed by atoms with Crippen LogP contribution in [0, 0.1) is 0 Å². The van der Waals surface area contributed by atoms with Crippen LogP contribution in [0.2, 0.25) is 0 Å². The molecule has 2 N–H and O–H groups in total. The van der Waals surface area contributed by atoms with Crippen molar-refractivity contribution in [1.82, 2.24) is 4.98 Å². The maximum absolute atomic E-state index is 10.7. The van der Waals surface area contributed by atoms with E-state index < -0.39 is 10.4 Å². The van der Waals surface area contributed by atoms with Gasteiger partial charge < -0.3 is 4.74 Å². The number of aromatic nitrogens is 1. The van der Waals surface area contributed by atoms with Crippen LogP contribution < -0.4 is 0 Å². The van der Waals surface area contributed by atoms with Crippen molar-refractivity contribution in [3.63, 3.8) is 0 Å². The van der Waals surface area contributed by atoms with Gasteiger partial charge in [0.15, 0.2) is 0 Å². The van der Waals surface area contributed by atoms with Crippen molar-refractivity contribution in [3.05, 3.63) is 30.1 Å². The maximum Gasteiger partial charge on any atom is 0.394 e. The van der Waals surface area contributed by atoms with Gasteiger partial charge in [0.1, 0.15) is 0 Å². The summed E-state index contributed by atoms with van der Waals surface area (Å²) in [6.07, 6.45) is 3.61. The summed E-state index contributed by atoms with van der Waals surface area (Å²) in [7, 11) is -3.29. The molecule has 0 aliphatic rings. The van der Waals surface area contributed by atoms with Crippen molar-refractivity contribution in [2.75, 3.05) is 7.11 Å². The van der Waals surface area contributed by atoms with E-state index in [1.165, 1.54) is 7.11 Å². The Morgan fingerprint density at radius 2 is 2.06 bits per heavy atom. The summed E-state index contributed by atoms with van der Waals surface area (Å²) in [5.74, 6) is -0.238. The molecule has 0 saturated heterocycles. The first-order valence-corrected chi connectivity index (χ1v) is 5.38. The quantitative estimate of drug-likeness (QED) is 0.566. The van der Waals surface area contributed by atoms with Crippen molar-refractivity contribution >= 4 is 16.4 Å². The first-order chi connectivity index (χ1) is 7.33. The first kappa shape index (κ1) is 14.5. The van der Waals surface area contributed by atoms with Gasteiger partial charge in [0.2, 0.25) is 0 Å². The van der Waals surface area contributed by atoms with Crippen molar-refractivity contribution in [1.29, 1.82) is 0 Å². The van der Waals surface area contributed by atoms with Crippen LogP contribution in [0.4, 0.5) is 0 Å². The van der Waals surface area contributed by atoms with Crippen LogP contribution in [0.5, 0.6) is 0 Å². The largest absolute Gasteiger partial charge is 0.469 e. The molecule has 0 aromatic carbocycles. The SMILES string of the molecule is COC(=O)Cc1cccnc1.O=S(=O)(O)O. The number of hydrogen-bond donors (Lipinski definition) is 2. The van der Waals surface area contributed by atoms with Crippen LogP contribution >= 0.6 is 0 Å². The Morgan fingerprint density at radius 1 is 1.50 bits per heavy atom. The molecular formula is C8H11NO6S. The van der Waals surface area contributed by atoms with Crippen LogP contribution in [0.3, 0.4) is 0 Å². The highest BCUT2D eigenvalue weighted by Crippen LogP contribution is 1.97. The van der Waals surface area contributed by atoms with E-state index in [0.717, 1.165) is 5.56 Å². The molecule has 1 rings (SSSR count). The number of ether oxygens (including phenoxy) is 1. The van der Waals surface area contributed by atoms with E-state index in [0.29, 0.717) is 6.42 Å². The van der Waals surface area contributed by atoms with Gasteiger partial charge in [-0.1, -0.05) is 6.07 Å². The van der Waals surface area contributed by atoms with Gasteiger partial charge in [-0.2, -0.15) is 8.42 Å². The number of carbonyl (C=O) groups is 1. The standard InChI is InChI=1S/C8H9NO2.H2O4S/c1-11-8(10)5-7-3-2-4-9-6-7;1-5(2,3)4/h2-4,6H,5H2,1H3;(H2,1,2,3,4). The second-order valence-corrected chi connectivity index (χ2v) is 3.46. The average Bonchev–Trinajstić information content (AvgIpc) is 2.16. The highest BCUT2D eigenvalue weighted by atomic mass is 32.3.